The Morgan fingerprint density at radius 1 is 1.00 bits per heavy atom. The minimum Gasteiger partial charge on any atom is -0.465 e. The van der Waals surface area contributed by atoms with E-state index in [0.29, 0.717) is 16.4 Å². The van der Waals surface area contributed by atoms with E-state index in [2.05, 4.69) is 20.4 Å². The predicted molar refractivity (Wildman–Crippen MR) is 98.0 cm³/mol. The molecule has 0 saturated heterocycles. The molecule has 0 aliphatic heterocycles. The van der Waals surface area contributed by atoms with Gasteiger partial charge in [-0.1, -0.05) is 30.3 Å². The summed E-state index contributed by atoms with van der Waals surface area (Å²) in [6.45, 7) is 0. The normalized spacial score (nSPS) is 10.1. The van der Waals surface area contributed by atoms with E-state index in [0.717, 1.165) is 11.3 Å². The third-order valence-corrected chi connectivity index (χ3v) is 4.12. The number of esters is 1. The lowest BCUT2D eigenvalue weighted by molar-refractivity contribution is 0.0600. The number of hydrogen-bond donors (Lipinski definition) is 2. The van der Waals surface area contributed by atoms with Gasteiger partial charge in [-0.25, -0.2) is 14.6 Å². The first-order valence-electron chi connectivity index (χ1n) is 7.43. The number of hydrogen-bond acceptors (Lipinski definition) is 5. The van der Waals surface area contributed by atoms with Gasteiger partial charge in [-0.15, -0.1) is 11.3 Å². The number of carbonyl (C=O) groups excluding carboxylic acids is 2. The summed E-state index contributed by atoms with van der Waals surface area (Å²) in [5.41, 5.74) is 2.74. The monoisotopic (exact) mass is 353 g/mol. The number of amides is 2. The highest BCUT2D eigenvalue weighted by Gasteiger charge is 2.10. The smallest absolute Gasteiger partial charge is 0.337 e. The molecule has 0 spiro atoms. The molecule has 6 nitrogen and oxygen atoms in total. The number of ether oxygens (including phenoxy) is 1. The lowest BCUT2D eigenvalue weighted by Gasteiger charge is -2.04. The fourth-order valence-electron chi connectivity index (χ4n) is 2.14. The molecule has 2 amide bonds. The van der Waals surface area contributed by atoms with Gasteiger partial charge in [0, 0.05) is 16.6 Å². The molecular weight excluding hydrogens is 338 g/mol. The lowest BCUT2D eigenvalue weighted by Crippen LogP contribution is -2.19. The van der Waals surface area contributed by atoms with Gasteiger partial charge in [0.2, 0.25) is 0 Å². The molecule has 0 fully saturated rings. The van der Waals surface area contributed by atoms with Gasteiger partial charge in [-0.05, 0) is 24.3 Å². The molecule has 1 aromatic heterocycles. The summed E-state index contributed by atoms with van der Waals surface area (Å²) in [5, 5.41) is 7.76. The summed E-state index contributed by atoms with van der Waals surface area (Å²) >= 11 is 1.32. The highest BCUT2D eigenvalue weighted by atomic mass is 32.1. The maximum Gasteiger partial charge on any atom is 0.337 e. The second kappa shape index (κ2) is 7.59. The third kappa shape index (κ3) is 4.21. The lowest BCUT2D eigenvalue weighted by atomic mass is 10.1. The minimum absolute atomic E-state index is 0.354. The average Bonchev–Trinajstić information content (AvgIpc) is 3.10. The summed E-state index contributed by atoms with van der Waals surface area (Å²) in [4.78, 5) is 27.8. The first-order chi connectivity index (χ1) is 12.2. The van der Waals surface area contributed by atoms with Crippen LogP contribution in [0, 0.1) is 0 Å². The van der Waals surface area contributed by atoms with E-state index >= 15 is 0 Å². The van der Waals surface area contributed by atoms with Crippen LogP contribution < -0.4 is 10.6 Å². The van der Waals surface area contributed by atoms with Crippen LogP contribution in [-0.2, 0) is 4.74 Å². The molecule has 7 heteroatoms. The van der Waals surface area contributed by atoms with Gasteiger partial charge in [-0.3, -0.25) is 5.32 Å². The van der Waals surface area contributed by atoms with Crippen LogP contribution in [0.5, 0.6) is 0 Å². The standard InChI is InChI=1S/C18H15N3O3S/c1-24-16(22)13-9-7-12(8-10-13)15-11-25-18(20-15)21-17(23)19-14-5-3-2-4-6-14/h2-11H,1H3,(H2,19,20,21,23). The van der Waals surface area contributed by atoms with Gasteiger partial charge < -0.3 is 10.1 Å². The zero-order valence-electron chi connectivity index (χ0n) is 13.4. The molecule has 2 N–H and O–H groups in total. The molecule has 0 atom stereocenters. The minimum atomic E-state index is -0.384. The van der Waals surface area contributed by atoms with E-state index in [9.17, 15) is 9.59 Å². The number of benzene rings is 2. The Labute approximate surface area is 148 Å². The summed E-state index contributed by atoms with van der Waals surface area (Å²) in [7, 11) is 1.34. The van der Waals surface area contributed by atoms with Gasteiger partial charge in [0.25, 0.3) is 0 Å². The number of urea groups is 1. The van der Waals surface area contributed by atoms with E-state index in [-0.39, 0.29) is 12.0 Å². The van der Waals surface area contributed by atoms with E-state index in [1.165, 1.54) is 18.4 Å². The van der Waals surface area contributed by atoms with Crippen molar-refractivity contribution in [2.24, 2.45) is 0 Å². The Morgan fingerprint density at radius 3 is 2.40 bits per heavy atom. The highest BCUT2D eigenvalue weighted by molar-refractivity contribution is 7.14. The summed E-state index contributed by atoms with van der Waals surface area (Å²) in [6, 6.07) is 15.7. The average molecular weight is 353 g/mol. The fourth-order valence-corrected chi connectivity index (χ4v) is 2.85. The number of nitrogens with one attached hydrogen (secondary N) is 2. The fraction of sp³-hybridized carbons (Fsp3) is 0.0556. The molecule has 0 unspecified atom stereocenters. The maximum absolute atomic E-state index is 12.0. The van der Waals surface area contributed by atoms with Gasteiger partial charge in [0.1, 0.15) is 0 Å². The first kappa shape index (κ1) is 16.7. The van der Waals surface area contributed by atoms with Crippen LogP contribution in [0.25, 0.3) is 11.3 Å². The van der Waals surface area contributed by atoms with E-state index in [1.807, 2.05) is 23.6 Å². The number of thiazole rings is 1. The van der Waals surface area contributed by atoms with E-state index in [1.54, 1.807) is 36.4 Å². The second-order valence-corrected chi connectivity index (χ2v) is 5.91. The predicted octanol–water partition coefficient (Wildman–Crippen LogP) is 4.24. The number of para-hydroxylation sites is 1. The molecule has 126 valence electrons. The molecule has 3 aromatic rings. The van der Waals surface area contributed by atoms with Crippen LogP contribution in [-0.4, -0.2) is 24.1 Å². The quantitative estimate of drug-likeness (QED) is 0.688. The van der Waals surface area contributed by atoms with Crippen molar-refractivity contribution in [3.63, 3.8) is 0 Å². The second-order valence-electron chi connectivity index (χ2n) is 5.05. The van der Waals surface area contributed by atoms with Gasteiger partial charge >= 0.3 is 12.0 Å². The van der Waals surface area contributed by atoms with Crippen molar-refractivity contribution >= 4 is 34.2 Å². The van der Waals surface area contributed by atoms with Crippen LogP contribution in [0.1, 0.15) is 10.4 Å². The number of aromatic nitrogens is 1. The van der Waals surface area contributed by atoms with Crippen molar-refractivity contribution in [1.29, 1.82) is 0 Å². The zero-order chi connectivity index (χ0) is 17.6. The molecule has 25 heavy (non-hydrogen) atoms. The number of nitrogens with zero attached hydrogens (tertiary/aromatic N) is 1. The number of carbonyl (C=O) groups is 2. The zero-order valence-corrected chi connectivity index (χ0v) is 14.2. The SMILES string of the molecule is COC(=O)c1ccc(-c2csc(NC(=O)Nc3ccccc3)n2)cc1. The van der Waals surface area contributed by atoms with Crippen molar-refractivity contribution in [1.82, 2.24) is 4.98 Å². The molecule has 0 aliphatic carbocycles. The van der Waals surface area contributed by atoms with Crippen LogP contribution in [0.15, 0.2) is 60.0 Å². The van der Waals surface area contributed by atoms with Gasteiger partial charge in [0.15, 0.2) is 5.13 Å². The first-order valence-corrected chi connectivity index (χ1v) is 8.31. The topological polar surface area (TPSA) is 80.3 Å². The Balaban J connectivity index is 1.66. The van der Waals surface area contributed by atoms with Crippen molar-refractivity contribution in [3.8, 4) is 11.3 Å². The van der Waals surface area contributed by atoms with Crippen molar-refractivity contribution < 1.29 is 14.3 Å². The number of anilines is 2. The molecular formula is C18H15N3O3S. The Bertz CT molecular complexity index is 876. The number of methoxy groups -OCH3 is 1. The van der Waals surface area contributed by atoms with Crippen LogP contribution >= 0.6 is 11.3 Å². The maximum atomic E-state index is 12.0. The Morgan fingerprint density at radius 2 is 1.72 bits per heavy atom. The molecule has 0 saturated carbocycles. The van der Waals surface area contributed by atoms with Crippen LogP contribution in [0.2, 0.25) is 0 Å². The van der Waals surface area contributed by atoms with Gasteiger partial charge in [-0.2, -0.15) is 0 Å². The number of rotatable bonds is 4. The molecule has 0 aliphatic rings. The molecule has 3 rings (SSSR count). The third-order valence-electron chi connectivity index (χ3n) is 3.36. The van der Waals surface area contributed by atoms with Gasteiger partial charge in [0.05, 0.1) is 18.4 Å². The largest absolute Gasteiger partial charge is 0.465 e. The summed E-state index contributed by atoms with van der Waals surface area (Å²) in [6.07, 6.45) is 0. The van der Waals surface area contributed by atoms with Crippen molar-refractivity contribution in [2.45, 2.75) is 0 Å². The Kier molecular flexibility index (Phi) is 5.06. The van der Waals surface area contributed by atoms with E-state index in [4.69, 9.17) is 0 Å². The van der Waals surface area contributed by atoms with E-state index < -0.39 is 0 Å². The van der Waals surface area contributed by atoms with Crippen molar-refractivity contribution in [2.75, 3.05) is 17.7 Å². The molecule has 2 aromatic carbocycles. The summed E-state index contributed by atoms with van der Waals surface area (Å²) < 4.78 is 4.67. The van der Waals surface area contributed by atoms with Crippen LogP contribution in [0.4, 0.5) is 15.6 Å². The molecule has 0 bridgehead atoms. The molecule has 0 radical (unpaired) electrons. The van der Waals surface area contributed by atoms with Crippen molar-refractivity contribution in [3.05, 3.63) is 65.5 Å². The highest BCUT2D eigenvalue weighted by Crippen LogP contribution is 2.25. The molecule has 1 heterocycles. The van der Waals surface area contributed by atoms with Crippen LogP contribution in [0.3, 0.4) is 0 Å². The summed E-state index contributed by atoms with van der Waals surface area (Å²) in [5.74, 6) is -0.384. The Hall–Kier alpha value is -3.19.